The number of amides is 2. The van der Waals surface area contributed by atoms with Gasteiger partial charge in [0, 0.05) is 32.0 Å². The van der Waals surface area contributed by atoms with Crippen LogP contribution in [-0.2, 0) is 11.3 Å². The van der Waals surface area contributed by atoms with Crippen molar-refractivity contribution in [1.82, 2.24) is 10.2 Å². The van der Waals surface area contributed by atoms with E-state index < -0.39 is 0 Å². The van der Waals surface area contributed by atoms with Crippen molar-refractivity contribution in [2.24, 2.45) is 0 Å². The van der Waals surface area contributed by atoms with Gasteiger partial charge in [0.2, 0.25) is 5.91 Å². The highest BCUT2D eigenvalue weighted by molar-refractivity contribution is 5.94. The van der Waals surface area contributed by atoms with Crippen LogP contribution in [0.3, 0.4) is 0 Å². The molecule has 2 amide bonds. The quantitative estimate of drug-likeness (QED) is 0.862. The zero-order chi connectivity index (χ0) is 20.2. The van der Waals surface area contributed by atoms with Crippen LogP contribution in [0.1, 0.15) is 53.7 Å². The second-order valence-corrected chi connectivity index (χ2v) is 7.52. The van der Waals surface area contributed by atoms with E-state index in [0.717, 1.165) is 48.4 Å². The Morgan fingerprint density at radius 3 is 2.55 bits per heavy atom. The highest BCUT2D eigenvalue weighted by Crippen LogP contribution is 2.38. The fourth-order valence-corrected chi connectivity index (χ4v) is 3.90. The SMILES string of the molecule is CC(=O)NCc1ccc(C(=O)N2CCCC2c2ccc3c(c2)OCCCO3)cc1. The van der Waals surface area contributed by atoms with Crippen molar-refractivity contribution in [1.29, 1.82) is 0 Å². The predicted molar refractivity (Wildman–Crippen MR) is 109 cm³/mol. The predicted octanol–water partition coefficient (Wildman–Crippen LogP) is 3.46. The van der Waals surface area contributed by atoms with Crippen molar-refractivity contribution >= 4 is 11.8 Å². The number of ether oxygens (including phenoxy) is 2. The van der Waals surface area contributed by atoms with Gasteiger partial charge in [-0.3, -0.25) is 9.59 Å². The average Bonchev–Trinajstić information content (AvgIpc) is 3.10. The summed E-state index contributed by atoms with van der Waals surface area (Å²) in [6.07, 6.45) is 2.79. The van der Waals surface area contributed by atoms with Crippen LogP contribution in [0.5, 0.6) is 11.5 Å². The largest absolute Gasteiger partial charge is 0.490 e. The van der Waals surface area contributed by atoms with E-state index in [1.807, 2.05) is 47.4 Å². The molecule has 2 aliphatic heterocycles. The molecule has 4 rings (SSSR count). The molecule has 0 radical (unpaired) electrons. The van der Waals surface area contributed by atoms with Crippen molar-refractivity contribution in [3.63, 3.8) is 0 Å². The van der Waals surface area contributed by atoms with Gasteiger partial charge in [-0.05, 0) is 48.2 Å². The van der Waals surface area contributed by atoms with Crippen molar-refractivity contribution in [3.8, 4) is 11.5 Å². The molecule has 2 aromatic carbocycles. The summed E-state index contributed by atoms with van der Waals surface area (Å²) in [5, 5.41) is 2.77. The van der Waals surface area contributed by atoms with Crippen molar-refractivity contribution in [2.45, 2.75) is 38.8 Å². The first-order valence-corrected chi connectivity index (χ1v) is 10.2. The molecule has 29 heavy (non-hydrogen) atoms. The second kappa shape index (κ2) is 8.55. The van der Waals surface area contributed by atoms with Gasteiger partial charge < -0.3 is 19.7 Å². The maximum absolute atomic E-state index is 13.2. The molecule has 2 heterocycles. The van der Waals surface area contributed by atoms with Crippen LogP contribution in [0.2, 0.25) is 0 Å². The molecule has 1 saturated heterocycles. The summed E-state index contributed by atoms with van der Waals surface area (Å²) < 4.78 is 11.5. The topological polar surface area (TPSA) is 67.9 Å². The van der Waals surface area contributed by atoms with Crippen LogP contribution >= 0.6 is 0 Å². The summed E-state index contributed by atoms with van der Waals surface area (Å²) in [6, 6.07) is 13.5. The minimum Gasteiger partial charge on any atom is -0.490 e. The number of benzene rings is 2. The Hall–Kier alpha value is -3.02. The average molecular weight is 394 g/mol. The third-order valence-corrected chi connectivity index (χ3v) is 5.41. The number of nitrogens with zero attached hydrogens (tertiary/aromatic N) is 1. The third-order valence-electron chi connectivity index (χ3n) is 5.41. The van der Waals surface area contributed by atoms with Crippen LogP contribution in [0.15, 0.2) is 42.5 Å². The van der Waals surface area contributed by atoms with E-state index in [-0.39, 0.29) is 17.9 Å². The monoisotopic (exact) mass is 394 g/mol. The molecule has 0 spiro atoms. The molecule has 1 atom stereocenters. The summed E-state index contributed by atoms with van der Waals surface area (Å²) in [4.78, 5) is 26.2. The second-order valence-electron chi connectivity index (χ2n) is 7.52. The van der Waals surface area contributed by atoms with Gasteiger partial charge in [0.15, 0.2) is 11.5 Å². The summed E-state index contributed by atoms with van der Waals surface area (Å²) in [6.45, 7) is 4.01. The fourth-order valence-electron chi connectivity index (χ4n) is 3.90. The Morgan fingerprint density at radius 2 is 1.79 bits per heavy atom. The van der Waals surface area contributed by atoms with E-state index in [0.29, 0.717) is 25.3 Å². The van der Waals surface area contributed by atoms with Gasteiger partial charge in [-0.15, -0.1) is 0 Å². The van der Waals surface area contributed by atoms with Gasteiger partial charge in [-0.2, -0.15) is 0 Å². The molecule has 1 N–H and O–H groups in total. The first kappa shape index (κ1) is 19.3. The van der Waals surface area contributed by atoms with Crippen molar-refractivity contribution in [3.05, 3.63) is 59.2 Å². The van der Waals surface area contributed by atoms with Crippen LogP contribution < -0.4 is 14.8 Å². The number of hydrogen-bond acceptors (Lipinski definition) is 4. The molecule has 6 nitrogen and oxygen atoms in total. The zero-order valence-corrected chi connectivity index (χ0v) is 16.6. The number of likely N-dealkylation sites (tertiary alicyclic amines) is 1. The van der Waals surface area contributed by atoms with Crippen LogP contribution in [0.4, 0.5) is 0 Å². The van der Waals surface area contributed by atoms with E-state index >= 15 is 0 Å². The lowest BCUT2D eigenvalue weighted by Gasteiger charge is -2.26. The molecule has 1 fully saturated rings. The number of carbonyl (C=O) groups is 2. The molecule has 0 bridgehead atoms. The van der Waals surface area contributed by atoms with E-state index in [2.05, 4.69) is 5.32 Å². The van der Waals surface area contributed by atoms with E-state index in [4.69, 9.17) is 9.47 Å². The normalized spacial score (nSPS) is 18.2. The maximum atomic E-state index is 13.2. The first-order valence-electron chi connectivity index (χ1n) is 10.2. The Balaban J connectivity index is 1.50. The summed E-state index contributed by atoms with van der Waals surface area (Å²) in [5.74, 6) is 1.50. The van der Waals surface area contributed by atoms with Gasteiger partial charge in [-0.1, -0.05) is 18.2 Å². The number of rotatable bonds is 4. The zero-order valence-electron chi connectivity index (χ0n) is 16.6. The maximum Gasteiger partial charge on any atom is 0.254 e. The molecule has 0 aliphatic carbocycles. The molecular formula is C23H26N2O4. The highest BCUT2D eigenvalue weighted by atomic mass is 16.5. The van der Waals surface area contributed by atoms with Gasteiger partial charge in [0.05, 0.1) is 19.3 Å². The van der Waals surface area contributed by atoms with Gasteiger partial charge in [-0.25, -0.2) is 0 Å². The van der Waals surface area contributed by atoms with Crippen LogP contribution in [0.25, 0.3) is 0 Å². The van der Waals surface area contributed by atoms with E-state index in [9.17, 15) is 9.59 Å². The van der Waals surface area contributed by atoms with E-state index in [1.165, 1.54) is 6.92 Å². The minimum absolute atomic E-state index is 0.0330. The first-order chi connectivity index (χ1) is 14.1. The Bertz CT molecular complexity index is 894. The minimum atomic E-state index is -0.0693. The lowest BCUT2D eigenvalue weighted by atomic mass is 10.0. The van der Waals surface area contributed by atoms with Gasteiger partial charge >= 0.3 is 0 Å². The van der Waals surface area contributed by atoms with Crippen LogP contribution in [0, 0.1) is 0 Å². The number of carbonyl (C=O) groups excluding carboxylic acids is 2. The van der Waals surface area contributed by atoms with Crippen molar-refractivity contribution in [2.75, 3.05) is 19.8 Å². The number of nitrogens with one attached hydrogen (secondary N) is 1. The van der Waals surface area contributed by atoms with Crippen molar-refractivity contribution < 1.29 is 19.1 Å². The lowest BCUT2D eigenvalue weighted by molar-refractivity contribution is -0.119. The standard InChI is InChI=1S/C23H26N2O4/c1-16(26)24-15-17-5-7-18(8-6-17)23(27)25-11-2-4-20(25)19-9-10-21-22(14-19)29-13-3-12-28-21/h5-10,14,20H,2-4,11-13,15H2,1H3,(H,24,26). The van der Waals surface area contributed by atoms with Gasteiger partial charge in [0.25, 0.3) is 5.91 Å². The molecule has 6 heteroatoms. The third kappa shape index (κ3) is 4.36. The molecule has 0 aromatic heterocycles. The Kier molecular flexibility index (Phi) is 5.69. The summed E-state index contributed by atoms with van der Waals surface area (Å²) in [5.41, 5.74) is 2.72. The van der Waals surface area contributed by atoms with Gasteiger partial charge in [0.1, 0.15) is 0 Å². The molecule has 1 unspecified atom stereocenters. The Morgan fingerprint density at radius 1 is 1.03 bits per heavy atom. The number of hydrogen-bond donors (Lipinski definition) is 1. The lowest BCUT2D eigenvalue weighted by Crippen LogP contribution is -2.30. The fraction of sp³-hybridized carbons (Fsp3) is 0.391. The highest BCUT2D eigenvalue weighted by Gasteiger charge is 2.31. The molecular weight excluding hydrogens is 368 g/mol. The molecule has 152 valence electrons. The molecule has 0 saturated carbocycles. The molecule has 2 aliphatic rings. The van der Waals surface area contributed by atoms with Crippen LogP contribution in [-0.4, -0.2) is 36.5 Å². The smallest absolute Gasteiger partial charge is 0.254 e. The number of fused-ring (bicyclic) bond motifs is 1. The Labute approximate surface area is 170 Å². The summed E-state index contributed by atoms with van der Waals surface area (Å²) >= 11 is 0. The summed E-state index contributed by atoms with van der Waals surface area (Å²) in [7, 11) is 0. The molecule has 2 aromatic rings. The van der Waals surface area contributed by atoms with E-state index in [1.54, 1.807) is 0 Å².